The molecule has 16 heavy (non-hydrogen) atoms. The minimum absolute atomic E-state index is 0.000602. The lowest BCUT2D eigenvalue weighted by atomic mass is 9.90. The van der Waals surface area contributed by atoms with E-state index in [9.17, 15) is 9.18 Å². The number of rotatable bonds is 3. The smallest absolute Gasteiger partial charge is 0.307 e. The molecule has 88 valence electrons. The minimum Gasteiger partial charge on any atom is -0.469 e. The molecule has 0 spiro atoms. The van der Waals surface area contributed by atoms with Crippen molar-refractivity contribution in [3.63, 3.8) is 0 Å². The van der Waals surface area contributed by atoms with Crippen LogP contribution in [0.3, 0.4) is 0 Å². The average Bonchev–Trinajstić information content (AvgIpc) is 2.15. The fourth-order valence-corrected chi connectivity index (χ4v) is 1.82. The first-order valence-corrected chi connectivity index (χ1v) is 5.47. The van der Waals surface area contributed by atoms with Gasteiger partial charge in [-0.3, -0.25) is 4.79 Å². The summed E-state index contributed by atoms with van der Waals surface area (Å²) in [5.41, 5.74) is 5.56. The molecule has 0 amide bonds. The molecule has 1 atom stereocenters. The summed E-state index contributed by atoms with van der Waals surface area (Å²) < 4.78 is 18.3. The normalized spacial score (nSPS) is 14.3. The van der Waals surface area contributed by atoms with Gasteiger partial charge in [0.15, 0.2) is 0 Å². The van der Waals surface area contributed by atoms with E-state index in [1.165, 1.54) is 19.2 Å². The fraction of sp³-hybridized carbons (Fsp3) is 0.364. The molecule has 2 N–H and O–H groups in total. The first-order valence-electron chi connectivity index (χ1n) is 4.67. The number of hydrogen-bond donors (Lipinski definition) is 1. The fourth-order valence-electron chi connectivity index (χ4n) is 1.36. The molecule has 0 aliphatic rings. The van der Waals surface area contributed by atoms with E-state index in [1.54, 1.807) is 13.0 Å². The zero-order chi connectivity index (χ0) is 12.3. The molecule has 0 fully saturated rings. The second kappa shape index (κ2) is 4.93. The lowest BCUT2D eigenvalue weighted by Gasteiger charge is -2.24. The Kier molecular flexibility index (Phi) is 4.04. The maximum atomic E-state index is 13.2. The molecule has 0 radical (unpaired) electrons. The van der Waals surface area contributed by atoms with Crippen molar-refractivity contribution in [3.8, 4) is 0 Å². The number of benzene rings is 1. The Morgan fingerprint density at radius 2 is 2.19 bits per heavy atom. The molecule has 0 aliphatic heterocycles. The van der Waals surface area contributed by atoms with Crippen LogP contribution in [-0.4, -0.2) is 13.1 Å². The van der Waals surface area contributed by atoms with Crippen LogP contribution >= 0.6 is 15.9 Å². The summed E-state index contributed by atoms with van der Waals surface area (Å²) in [7, 11) is 1.29. The van der Waals surface area contributed by atoms with Crippen LogP contribution in [0.1, 0.15) is 18.9 Å². The van der Waals surface area contributed by atoms with Gasteiger partial charge >= 0.3 is 5.97 Å². The Bertz CT molecular complexity index is 387. The summed E-state index contributed by atoms with van der Waals surface area (Å²) in [5, 5.41) is 0. The van der Waals surface area contributed by atoms with Crippen LogP contribution in [0.5, 0.6) is 0 Å². The molecular weight excluding hydrogens is 277 g/mol. The summed E-state index contributed by atoms with van der Waals surface area (Å²) in [6.07, 6.45) is -0.000602. The third kappa shape index (κ3) is 3.28. The van der Waals surface area contributed by atoms with Crippen molar-refractivity contribution < 1.29 is 13.9 Å². The van der Waals surface area contributed by atoms with Gasteiger partial charge in [0, 0.05) is 10.0 Å². The predicted molar refractivity (Wildman–Crippen MR) is 62.3 cm³/mol. The van der Waals surface area contributed by atoms with E-state index < -0.39 is 17.3 Å². The SMILES string of the molecule is COC(=O)C[C@](C)(N)c1cc(F)cc(Br)c1. The van der Waals surface area contributed by atoms with Crippen LogP contribution in [-0.2, 0) is 15.1 Å². The Morgan fingerprint density at radius 1 is 1.56 bits per heavy atom. The largest absolute Gasteiger partial charge is 0.469 e. The highest BCUT2D eigenvalue weighted by molar-refractivity contribution is 9.10. The third-order valence-electron chi connectivity index (χ3n) is 2.26. The van der Waals surface area contributed by atoms with Gasteiger partial charge in [0.05, 0.1) is 13.5 Å². The monoisotopic (exact) mass is 289 g/mol. The number of ether oxygens (including phenoxy) is 1. The Labute approximate surface area is 102 Å². The molecule has 0 bridgehead atoms. The molecule has 1 aromatic carbocycles. The number of hydrogen-bond acceptors (Lipinski definition) is 3. The summed E-state index contributed by atoms with van der Waals surface area (Å²) in [6.45, 7) is 1.66. The average molecular weight is 290 g/mol. The maximum absolute atomic E-state index is 13.2. The van der Waals surface area contributed by atoms with Crippen molar-refractivity contribution in [3.05, 3.63) is 34.1 Å². The van der Waals surface area contributed by atoms with Crippen molar-refractivity contribution in [2.45, 2.75) is 18.9 Å². The van der Waals surface area contributed by atoms with Crippen molar-refractivity contribution in [2.24, 2.45) is 5.73 Å². The number of carbonyl (C=O) groups is 1. The van der Waals surface area contributed by atoms with Crippen LogP contribution in [0.4, 0.5) is 4.39 Å². The first-order chi connectivity index (χ1) is 7.35. The van der Waals surface area contributed by atoms with Gasteiger partial charge in [-0.2, -0.15) is 0 Å². The van der Waals surface area contributed by atoms with Gasteiger partial charge in [0.25, 0.3) is 0 Å². The molecule has 3 nitrogen and oxygen atoms in total. The highest BCUT2D eigenvalue weighted by atomic mass is 79.9. The quantitative estimate of drug-likeness (QED) is 0.869. The lowest BCUT2D eigenvalue weighted by molar-refractivity contribution is -0.141. The molecule has 1 rings (SSSR count). The van der Waals surface area contributed by atoms with E-state index in [4.69, 9.17) is 5.73 Å². The molecule has 5 heteroatoms. The molecule has 0 saturated heterocycles. The predicted octanol–water partition coefficient (Wildman–Crippen LogP) is 2.33. The summed E-state index contributed by atoms with van der Waals surface area (Å²) in [5.74, 6) is -0.823. The van der Waals surface area contributed by atoms with E-state index in [0.717, 1.165) is 0 Å². The number of nitrogens with two attached hydrogens (primary N) is 1. The van der Waals surface area contributed by atoms with E-state index in [1.807, 2.05) is 0 Å². The van der Waals surface area contributed by atoms with Crippen molar-refractivity contribution >= 4 is 21.9 Å². The van der Waals surface area contributed by atoms with Crippen LogP contribution in [0.2, 0.25) is 0 Å². The topological polar surface area (TPSA) is 52.3 Å². The van der Waals surface area contributed by atoms with Gasteiger partial charge < -0.3 is 10.5 Å². The Hall–Kier alpha value is -0.940. The Morgan fingerprint density at radius 3 is 2.69 bits per heavy atom. The molecule has 0 saturated carbocycles. The second-order valence-electron chi connectivity index (χ2n) is 3.83. The Balaban J connectivity index is 3.01. The van der Waals surface area contributed by atoms with Crippen molar-refractivity contribution in [1.82, 2.24) is 0 Å². The molecule has 0 unspecified atom stereocenters. The zero-order valence-corrected chi connectivity index (χ0v) is 10.7. The van der Waals surface area contributed by atoms with Gasteiger partial charge in [-0.05, 0) is 30.7 Å². The van der Waals surface area contributed by atoms with Crippen molar-refractivity contribution in [2.75, 3.05) is 7.11 Å². The van der Waals surface area contributed by atoms with Crippen LogP contribution in [0, 0.1) is 5.82 Å². The van der Waals surface area contributed by atoms with Gasteiger partial charge in [0.2, 0.25) is 0 Å². The minimum atomic E-state index is -0.947. The molecule has 1 aromatic rings. The maximum Gasteiger partial charge on any atom is 0.307 e. The second-order valence-corrected chi connectivity index (χ2v) is 4.74. The van der Waals surface area contributed by atoms with E-state index in [0.29, 0.717) is 10.0 Å². The first kappa shape index (κ1) is 13.1. The molecule has 0 heterocycles. The van der Waals surface area contributed by atoms with Gasteiger partial charge in [-0.25, -0.2) is 4.39 Å². The van der Waals surface area contributed by atoms with Crippen molar-refractivity contribution in [1.29, 1.82) is 0 Å². The van der Waals surface area contributed by atoms with Crippen LogP contribution in [0.25, 0.3) is 0 Å². The van der Waals surface area contributed by atoms with E-state index >= 15 is 0 Å². The van der Waals surface area contributed by atoms with Crippen LogP contribution in [0.15, 0.2) is 22.7 Å². The number of methoxy groups -OCH3 is 1. The van der Waals surface area contributed by atoms with E-state index in [-0.39, 0.29) is 6.42 Å². The highest BCUT2D eigenvalue weighted by Crippen LogP contribution is 2.26. The van der Waals surface area contributed by atoms with Gasteiger partial charge in [-0.1, -0.05) is 15.9 Å². The summed E-state index contributed by atoms with van der Waals surface area (Å²) in [6, 6.07) is 4.33. The van der Waals surface area contributed by atoms with Crippen LogP contribution < -0.4 is 5.73 Å². The number of halogens is 2. The summed E-state index contributed by atoms with van der Waals surface area (Å²) >= 11 is 3.18. The standard InChI is InChI=1S/C11H13BrFNO2/c1-11(14,6-10(15)16-2)7-3-8(12)5-9(13)4-7/h3-5H,6,14H2,1-2H3/t11-/m0/s1. The number of esters is 1. The molecule has 0 aromatic heterocycles. The molecule has 0 aliphatic carbocycles. The molecular formula is C11H13BrFNO2. The highest BCUT2D eigenvalue weighted by Gasteiger charge is 2.26. The lowest BCUT2D eigenvalue weighted by Crippen LogP contribution is -2.36. The number of carbonyl (C=O) groups excluding carboxylic acids is 1. The van der Waals surface area contributed by atoms with Gasteiger partial charge in [0.1, 0.15) is 5.82 Å². The van der Waals surface area contributed by atoms with E-state index in [2.05, 4.69) is 20.7 Å². The summed E-state index contributed by atoms with van der Waals surface area (Å²) in [4.78, 5) is 11.2. The third-order valence-corrected chi connectivity index (χ3v) is 2.72. The van der Waals surface area contributed by atoms with Gasteiger partial charge in [-0.15, -0.1) is 0 Å². The zero-order valence-electron chi connectivity index (χ0n) is 9.09.